The number of nitrogen functional groups attached to an aromatic ring is 1. The highest BCUT2D eigenvalue weighted by Gasteiger charge is 2.23. The van der Waals surface area contributed by atoms with Gasteiger partial charge < -0.3 is 20.4 Å². The monoisotopic (exact) mass is 333 g/mol. The van der Waals surface area contributed by atoms with Crippen LogP contribution in [0.5, 0.6) is 0 Å². The van der Waals surface area contributed by atoms with E-state index in [-0.39, 0.29) is 11.7 Å². The van der Waals surface area contributed by atoms with Gasteiger partial charge in [-0.3, -0.25) is 4.79 Å². The number of hydrogen-bond acceptors (Lipinski definition) is 6. The van der Waals surface area contributed by atoms with E-state index in [0.717, 1.165) is 0 Å². The third-order valence-corrected chi connectivity index (χ3v) is 3.69. The van der Waals surface area contributed by atoms with E-state index >= 15 is 0 Å². The van der Waals surface area contributed by atoms with Crippen molar-refractivity contribution in [3.63, 3.8) is 0 Å². The first-order chi connectivity index (χ1) is 10.0. The molecule has 21 heavy (non-hydrogen) atoms. The molecule has 1 amide bonds. The van der Waals surface area contributed by atoms with Crippen LogP contribution < -0.4 is 16.6 Å². The van der Waals surface area contributed by atoms with Gasteiger partial charge in [0, 0.05) is 13.1 Å². The van der Waals surface area contributed by atoms with Gasteiger partial charge in [0.25, 0.3) is 0 Å². The Bertz CT molecular complexity index is 523. The molecule has 116 valence electrons. The summed E-state index contributed by atoms with van der Waals surface area (Å²) >= 11 is 12.0. The Morgan fingerprint density at radius 3 is 2.62 bits per heavy atom. The standard InChI is InChI=1S/C12H17Cl2N5O2/c1-7(12(20)19-2-4-21-5-3-19)16-10-8(13)6-9(14)11(17-10)18-15/h6-7H,2-5,15H2,1H3,(H2,16,17,18). The Hall–Kier alpha value is -1.28. The predicted molar refractivity (Wildman–Crippen MR) is 82.6 cm³/mol. The van der Waals surface area contributed by atoms with E-state index in [0.29, 0.717) is 42.2 Å². The molecule has 2 heterocycles. The van der Waals surface area contributed by atoms with Crippen LogP contribution in [-0.2, 0) is 9.53 Å². The summed E-state index contributed by atoms with van der Waals surface area (Å²) in [5.41, 5.74) is 2.38. The molecule has 2 rings (SSSR count). The lowest BCUT2D eigenvalue weighted by Crippen LogP contribution is -2.47. The zero-order valence-corrected chi connectivity index (χ0v) is 13.0. The minimum atomic E-state index is -0.472. The Labute approximate surface area is 132 Å². The number of carbonyl (C=O) groups is 1. The van der Waals surface area contributed by atoms with Gasteiger partial charge in [0.2, 0.25) is 5.91 Å². The average Bonchev–Trinajstić information content (AvgIpc) is 2.50. The summed E-state index contributed by atoms with van der Waals surface area (Å²) in [6.07, 6.45) is 0. The molecule has 9 heteroatoms. The fourth-order valence-electron chi connectivity index (χ4n) is 1.99. The van der Waals surface area contributed by atoms with Crippen molar-refractivity contribution in [2.75, 3.05) is 37.0 Å². The van der Waals surface area contributed by atoms with E-state index in [1.807, 2.05) is 0 Å². The number of nitrogens with one attached hydrogen (secondary N) is 2. The van der Waals surface area contributed by atoms with Gasteiger partial charge in [-0.2, -0.15) is 0 Å². The van der Waals surface area contributed by atoms with E-state index in [1.54, 1.807) is 11.8 Å². The summed E-state index contributed by atoms with van der Waals surface area (Å²) in [4.78, 5) is 18.2. The normalized spacial score (nSPS) is 16.5. The second-order valence-electron chi connectivity index (χ2n) is 4.60. The number of hydrazine groups is 1. The van der Waals surface area contributed by atoms with E-state index in [9.17, 15) is 4.79 Å². The molecule has 1 aliphatic rings. The highest BCUT2D eigenvalue weighted by atomic mass is 35.5. The number of aromatic nitrogens is 1. The van der Waals surface area contributed by atoms with Crippen LogP contribution in [0.1, 0.15) is 6.92 Å². The number of ether oxygens (including phenoxy) is 1. The lowest BCUT2D eigenvalue weighted by atomic mass is 10.2. The van der Waals surface area contributed by atoms with Crippen molar-refractivity contribution in [1.29, 1.82) is 0 Å². The molecule has 7 nitrogen and oxygen atoms in total. The molecule has 1 aliphatic heterocycles. The van der Waals surface area contributed by atoms with Gasteiger partial charge in [-0.15, -0.1) is 0 Å². The largest absolute Gasteiger partial charge is 0.378 e. The SMILES string of the molecule is CC(Nc1nc(NN)c(Cl)cc1Cl)C(=O)N1CCOCC1. The molecule has 0 radical (unpaired) electrons. The molecular weight excluding hydrogens is 317 g/mol. The molecule has 1 saturated heterocycles. The minimum absolute atomic E-state index is 0.0339. The van der Waals surface area contributed by atoms with Crippen LogP contribution in [0.25, 0.3) is 0 Å². The smallest absolute Gasteiger partial charge is 0.244 e. The Morgan fingerprint density at radius 2 is 2.00 bits per heavy atom. The van der Waals surface area contributed by atoms with Crippen LogP contribution in [0.2, 0.25) is 10.0 Å². The van der Waals surface area contributed by atoms with E-state index in [4.69, 9.17) is 33.8 Å². The van der Waals surface area contributed by atoms with E-state index < -0.39 is 6.04 Å². The molecule has 0 aromatic carbocycles. The van der Waals surface area contributed by atoms with Gasteiger partial charge in [0.05, 0.1) is 23.3 Å². The highest BCUT2D eigenvalue weighted by Crippen LogP contribution is 2.29. The highest BCUT2D eigenvalue weighted by molar-refractivity contribution is 6.37. The Kier molecular flexibility index (Phi) is 5.46. The van der Waals surface area contributed by atoms with Crippen molar-refractivity contribution >= 4 is 40.7 Å². The van der Waals surface area contributed by atoms with Crippen LogP contribution in [0, 0.1) is 0 Å². The molecule has 1 unspecified atom stereocenters. The zero-order chi connectivity index (χ0) is 15.4. The van der Waals surface area contributed by atoms with Gasteiger partial charge in [0.1, 0.15) is 11.9 Å². The first-order valence-electron chi connectivity index (χ1n) is 6.48. The van der Waals surface area contributed by atoms with Gasteiger partial charge >= 0.3 is 0 Å². The molecule has 1 aromatic heterocycles. The second kappa shape index (κ2) is 7.13. The molecule has 4 N–H and O–H groups in total. The Morgan fingerprint density at radius 1 is 1.38 bits per heavy atom. The summed E-state index contributed by atoms with van der Waals surface area (Å²) in [6, 6.07) is 1.04. The summed E-state index contributed by atoms with van der Waals surface area (Å²) in [5.74, 6) is 5.92. The van der Waals surface area contributed by atoms with Crippen LogP contribution in [0.4, 0.5) is 11.6 Å². The van der Waals surface area contributed by atoms with Gasteiger partial charge in [-0.1, -0.05) is 23.2 Å². The van der Waals surface area contributed by atoms with E-state index in [2.05, 4.69) is 15.7 Å². The van der Waals surface area contributed by atoms with Gasteiger partial charge in [0.15, 0.2) is 5.82 Å². The van der Waals surface area contributed by atoms with E-state index in [1.165, 1.54) is 6.07 Å². The fourth-order valence-corrected chi connectivity index (χ4v) is 2.46. The number of carbonyl (C=O) groups excluding carboxylic acids is 1. The number of hydrogen-bond donors (Lipinski definition) is 3. The van der Waals surface area contributed by atoms with Gasteiger partial charge in [-0.05, 0) is 13.0 Å². The summed E-state index contributed by atoms with van der Waals surface area (Å²) < 4.78 is 5.23. The van der Waals surface area contributed by atoms with Crippen molar-refractivity contribution in [2.24, 2.45) is 5.84 Å². The van der Waals surface area contributed by atoms with Crippen molar-refractivity contribution in [1.82, 2.24) is 9.88 Å². The van der Waals surface area contributed by atoms with Crippen molar-refractivity contribution in [3.05, 3.63) is 16.1 Å². The van der Waals surface area contributed by atoms with Crippen molar-refractivity contribution < 1.29 is 9.53 Å². The van der Waals surface area contributed by atoms with Crippen molar-refractivity contribution in [3.8, 4) is 0 Å². The lowest BCUT2D eigenvalue weighted by Gasteiger charge is -2.29. The molecule has 1 fully saturated rings. The first kappa shape index (κ1) is 16.1. The molecule has 0 bridgehead atoms. The minimum Gasteiger partial charge on any atom is -0.378 e. The maximum Gasteiger partial charge on any atom is 0.244 e. The van der Waals surface area contributed by atoms with Crippen molar-refractivity contribution in [2.45, 2.75) is 13.0 Å². The molecule has 0 aliphatic carbocycles. The van der Waals surface area contributed by atoms with Crippen LogP contribution in [0.15, 0.2) is 6.07 Å². The number of morpholine rings is 1. The van der Waals surface area contributed by atoms with Crippen LogP contribution in [0.3, 0.4) is 0 Å². The molecule has 0 spiro atoms. The number of anilines is 2. The Balaban J connectivity index is 2.08. The fraction of sp³-hybridized carbons (Fsp3) is 0.500. The lowest BCUT2D eigenvalue weighted by molar-refractivity contribution is -0.135. The predicted octanol–water partition coefficient (Wildman–Crippen LogP) is 1.33. The number of pyridine rings is 1. The molecule has 1 aromatic rings. The number of amides is 1. The first-order valence-corrected chi connectivity index (χ1v) is 7.24. The summed E-state index contributed by atoms with van der Waals surface area (Å²) in [7, 11) is 0. The van der Waals surface area contributed by atoms with Gasteiger partial charge in [-0.25, -0.2) is 10.8 Å². The zero-order valence-electron chi connectivity index (χ0n) is 11.5. The quantitative estimate of drug-likeness (QED) is 0.568. The topological polar surface area (TPSA) is 92.5 Å². The maximum absolute atomic E-state index is 12.3. The third-order valence-electron chi connectivity index (χ3n) is 3.11. The summed E-state index contributed by atoms with van der Waals surface area (Å²) in [6.45, 7) is 4.03. The van der Waals surface area contributed by atoms with Crippen LogP contribution >= 0.6 is 23.2 Å². The third kappa shape index (κ3) is 3.88. The molecule has 1 atom stereocenters. The summed E-state index contributed by atoms with van der Waals surface area (Å²) in [5, 5.41) is 3.61. The van der Waals surface area contributed by atoms with Crippen LogP contribution in [-0.4, -0.2) is 48.1 Å². The number of rotatable bonds is 4. The molecule has 0 saturated carbocycles. The number of nitrogens with zero attached hydrogens (tertiary/aromatic N) is 2. The molecular formula is C12H17Cl2N5O2. The number of nitrogens with two attached hydrogens (primary N) is 1. The number of halogens is 2. The second-order valence-corrected chi connectivity index (χ2v) is 5.41. The average molecular weight is 334 g/mol. The maximum atomic E-state index is 12.3.